The summed E-state index contributed by atoms with van der Waals surface area (Å²) in [5, 5.41) is 3.72. The summed E-state index contributed by atoms with van der Waals surface area (Å²) >= 11 is 3.44. The van der Waals surface area contributed by atoms with Gasteiger partial charge < -0.3 is 10.6 Å². The second kappa shape index (κ2) is 10.4. The van der Waals surface area contributed by atoms with Crippen LogP contribution in [0.2, 0.25) is 0 Å². The molecule has 27 heavy (non-hydrogen) atoms. The number of hydrogen-bond donors (Lipinski definition) is 2. The summed E-state index contributed by atoms with van der Waals surface area (Å²) < 4.78 is 0.174. The van der Waals surface area contributed by atoms with Gasteiger partial charge in [-0.15, -0.1) is 23.5 Å². The topological polar surface area (TPSA) is 75.4 Å². The molecule has 2 saturated carbocycles. The number of rotatable bonds is 7. The van der Waals surface area contributed by atoms with E-state index in [0.717, 1.165) is 0 Å². The van der Waals surface area contributed by atoms with Crippen LogP contribution in [-0.4, -0.2) is 50.5 Å². The Labute approximate surface area is 172 Å². The summed E-state index contributed by atoms with van der Waals surface area (Å²) in [6.07, 6.45) is 12.8. The molecular weight excluding hydrogens is 378 g/mol. The van der Waals surface area contributed by atoms with E-state index in [1.54, 1.807) is 23.5 Å². The van der Waals surface area contributed by atoms with E-state index in [-0.39, 0.29) is 21.9 Å². The van der Waals surface area contributed by atoms with E-state index >= 15 is 0 Å². The van der Waals surface area contributed by atoms with Crippen LogP contribution >= 0.6 is 23.5 Å². The highest BCUT2D eigenvalue weighted by Gasteiger charge is 2.35. The van der Waals surface area contributed by atoms with Crippen molar-refractivity contribution in [1.29, 1.82) is 0 Å². The molecule has 5 nitrogen and oxygen atoms in total. The average Bonchev–Trinajstić information content (AvgIpc) is 3.01. The molecule has 7 heteroatoms. The first-order valence-corrected chi connectivity index (χ1v) is 12.7. The van der Waals surface area contributed by atoms with Crippen molar-refractivity contribution in [1.82, 2.24) is 10.2 Å². The van der Waals surface area contributed by atoms with E-state index in [2.05, 4.69) is 17.1 Å². The Hall–Kier alpha value is -0.400. The van der Waals surface area contributed by atoms with Gasteiger partial charge in [-0.3, -0.25) is 14.9 Å². The van der Waals surface area contributed by atoms with Crippen molar-refractivity contribution in [2.75, 3.05) is 5.75 Å². The standard InChI is InChI=1S/C20H35N3O2S2/c1-14-17(12-18(21)24)27-20(22-14)26-13-19(25)23(15-8-4-2-5-9-15)16-10-6-3-7-11-16/h14-17,20,22H,2-13H2,1H3,(H2,21,24). The molecule has 3 rings (SSSR count). The van der Waals surface area contributed by atoms with Gasteiger partial charge in [0, 0.05) is 29.8 Å². The Morgan fingerprint density at radius 1 is 1.04 bits per heavy atom. The van der Waals surface area contributed by atoms with E-state index in [0.29, 0.717) is 30.2 Å². The fourth-order valence-electron chi connectivity index (χ4n) is 4.79. The lowest BCUT2D eigenvalue weighted by Crippen LogP contribution is -2.49. The highest BCUT2D eigenvalue weighted by Crippen LogP contribution is 2.37. The lowest BCUT2D eigenvalue weighted by molar-refractivity contribution is -0.135. The van der Waals surface area contributed by atoms with E-state index in [1.807, 2.05) is 0 Å². The molecule has 3 unspecified atom stereocenters. The van der Waals surface area contributed by atoms with E-state index in [4.69, 9.17) is 5.73 Å². The number of amides is 2. The monoisotopic (exact) mass is 413 g/mol. The number of hydrogen-bond acceptors (Lipinski definition) is 5. The Balaban J connectivity index is 1.55. The first-order valence-electron chi connectivity index (χ1n) is 10.7. The molecule has 1 aliphatic heterocycles. The number of nitrogens with zero attached hydrogens (tertiary/aromatic N) is 1. The lowest BCUT2D eigenvalue weighted by Gasteiger charge is -2.42. The van der Waals surface area contributed by atoms with Crippen molar-refractivity contribution in [3.63, 3.8) is 0 Å². The molecule has 3 N–H and O–H groups in total. The largest absolute Gasteiger partial charge is 0.370 e. The number of carbonyl (C=O) groups excluding carboxylic acids is 2. The van der Waals surface area contributed by atoms with Crippen molar-refractivity contribution in [3.05, 3.63) is 0 Å². The van der Waals surface area contributed by atoms with Crippen LogP contribution in [0.1, 0.15) is 77.6 Å². The maximum absolute atomic E-state index is 13.2. The number of nitrogens with two attached hydrogens (primary N) is 1. The van der Waals surface area contributed by atoms with Crippen LogP contribution in [0.25, 0.3) is 0 Å². The zero-order valence-electron chi connectivity index (χ0n) is 16.5. The van der Waals surface area contributed by atoms with E-state index in [1.165, 1.54) is 64.2 Å². The fraction of sp³-hybridized carbons (Fsp3) is 0.900. The number of thioether (sulfide) groups is 2. The third-order valence-corrected chi connectivity index (χ3v) is 9.14. The summed E-state index contributed by atoms with van der Waals surface area (Å²) in [5.74, 6) is 0.615. The molecule has 0 aromatic rings. The summed E-state index contributed by atoms with van der Waals surface area (Å²) in [6.45, 7) is 2.10. The predicted octanol–water partition coefficient (Wildman–Crippen LogP) is 3.47. The first-order chi connectivity index (χ1) is 13.0. The molecule has 0 bridgehead atoms. The number of primary amides is 1. The maximum Gasteiger partial charge on any atom is 0.233 e. The molecule has 1 heterocycles. The molecule has 2 aliphatic carbocycles. The van der Waals surface area contributed by atoms with Crippen LogP contribution in [0.5, 0.6) is 0 Å². The molecule has 154 valence electrons. The van der Waals surface area contributed by atoms with Crippen molar-refractivity contribution < 1.29 is 9.59 Å². The number of nitrogens with one attached hydrogen (secondary N) is 1. The normalized spacial score (nSPS) is 30.3. The van der Waals surface area contributed by atoms with Gasteiger partial charge in [-0.25, -0.2) is 0 Å². The van der Waals surface area contributed by atoms with Crippen LogP contribution in [0.4, 0.5) is 0 Å². The molecule has 3 aliphatic rings. The van der Waals surface area contributed by atoms with Crippen molar-refractivity contribution in [2.45, 2.75) is 106 Å². The molecule has 0 aromatic heterocycles. The minimum Gasteiger partial charge on any atom is -0.370 e. The van der Waals surface area contributed by atoms with E-state index < -0.39 is 0 Å². The predicted molar refractivity (Wildman–Crippen MR) is 115 cm³/mol. The Kier molecular flexibility index (Phi) is 8.21. The van der Waals surface area contributed by atoms with Crippen LogP contribution in [0, 0.1) is 0 Å². The number of carbonyl (C=O) groups is 2. The van der Waals surface area contributed by atoms with Gasteiger partial charge in [0.15, 0.2) is 0 Å². The van der Waals surface area contributed by atoms with Gasteiger partial charge in [0.05, 0.1) is 5.75 Å². The van der Waals surface area contributed by atoms with Crippen LogP contribution in [0.3, 0.4) is 0 Å². The zero-order chi connectivity index (χ0) is 19.2. The van der Waals surface area contributed by atoms with E-state index in [9.17, 15) is 9.59 Å². The SMILES string of the molecule is CC1NC(SCC(=O)N(C2CCCCC2)C2CCCCC2)SC1CC(N)=O. The lowest BCUT2D eigenvalue weighted by atomic mass is 9.88. The first kappa shape index (κ1) is 21.3. The highest BCUT2D eigenvalue weighted by molar-refractivity contribution is 8.17. The second-order valence-electron chi connectivity index (χ2n) is 8.33. The average molecular weight is 414 g/mol. The Morgan fingerprint density at radius 2 is 1.59 bits per heavy atom. The second-order valence-corrected chi connectivity index (χ2v) is 11.1. The maximum atomic E-state index is 13.2. The fourth-order valence-corrected chi connectivity index (χ4v) is 7.68. The van der Waals surface area contributed by atoms with Crippen LogP contribution < -0.4 is 11.1 Å². The smallest absolute Gasteiger partial charge is 0.233 e. The summed E-state index contributed by atoms with van der Waals surface area (Å²) in [6, 6.07) is 1.17. The van der Waals surface area contributed by atoms with Crippen LogP contribution in [-0.2, 0) is 9.59 Å². The molecule has 0 spiro atoms. The molecule has 2 amide bonds. The van der Waals surface area contributed by atoms with Gasteiger partial charge in [-0.2, -0.15) is 0 Å². The van der Waals surface area contributed by atoms with Gasteiger partial charge in [0.1, 0.15) is 4.71 Å². The Bertz CT molecular complexity index is 489. The summed E-state index contributed by atoms with van der Waals surface area (Å²) in [7, 11) is 0. The molecule has 3 fully saturated rings. The third-order valence-electron chi connectivity index (χ3n) is 6.24. The van der Waals surface area contributed by atoms with Gasteiger partial charge in [0.25, 0.3) is 0 Å². The van der Waals surface area contributed by atoms with Crippen molar-refractivity contribution in [2.24, 2.45) is 5.73 Å². The van der Waals surface area contributed by atoms with Crippen LogP contribution in [0.15, 0.2) is 0 Å². The minimum absolute atomic E-state index is 0.174. The molecule has 3 atom stereocenters. The third kappa shape index (κ3) is 6.04. The summed E-state index contributed by atoms with van der Waals surface area (Å²) in [5.41, 5.74) is 5.36. The molecule has 0 aromatic carbocycles. The van der Waals surface area contributed by atoms with Gasteiger partial charge >= 0.3 is 0 Å². The molecule has 1 saturated heterocycles. The van der Waals surface area contributed by atoms with Gasteiger partial charge in [-0.05, 0) is 32.6 Å². The van der Waals surface area contributed by atoms with Crippen molar-refractivity contribution >= 4 is 35.3 Å². The Morgan fingerprint density at radius 3 is 2.11 bits per heavy atom. The quantitative estimate of drug-likeness (QED) is 0.668. The van der Waals surface area contributed by atoms with Crippen molar-refractivity contribution in [3.8, 4) is 0 Å². The summed E-state index contributed by atoms with van der Waals surface area (Å²) in [4.78, 5) is 26.8. The molecule has 0 radical (unpaired) electrons. The minimum atomic E-state index is -0.247. The van der Waals surface area contributed by atoms with Gasteiger partial charge in [0.2, 0.25) is 11.8 Å². The highest BCUT2D eigenvalue weighted by atomic mass is 32.2. The molecular formula is C20H35N3O2S2. The zero-order valence-corrected chi connectivity index (χ0v) is 18.2. The van der Waals surface area contributed by atoms with Gasteiger partial charge in [-0.1, -0.05) is 38.5 Å².